The minimum Gasteiger partial charge on any atom is -0.329 e. The van der Waals surface area contributed by atoms with Gasteiger partial charge in [0.05, 0.1) is 0 Å². The van der Waals surface area contributed by atoms with Crippen molar-refractivity contribution in [1.29, 1.82) is 0 Å². The van der Waals surface area contributed by atoms with Gasteiger partial charge in [-0.2, -0.15) is 8.78 Å². The normalized spacial score (nSPS) is 21.9. The van der Waals surface area contributed by atoms with E-state index in [4.69, 9.17) is 5.73 Å². The summed E-state index contributed by atoms with van der Waals surface area (Å²) in [7, 11) is -4.53. The Morgan fingerprint density at radius 3 is 2.20 bits per heavy atom. The van der Waals surface area contributed by atoms with Crippen molar-refractivity contribution in [2.24, 2.45) is 5.73 Å². The van der Waals surface area contributed by atoms with Gasteiger partial charge >= 0.3 is 5.76 Å². The summed E-state index contributed by atoms with van der Waals surface area (Å²) in [5.74, 6) is -3.39. The first-order valence-electron chi connectivity index (χ1n) is 4.93. The van der Waals surface area contributed by atoms with E-state index in [1.807, 2.05) is 0 Å². The first-order chi connectivity index (χ1) is 6.92. The van der Waals surface area contributed by atoms with E-state index in [2.05, 4.69) is 4.72 Å². The van der Waals surface area contributed by atoms with Gasteiger partial charge < -0.3 is 5.73 Å². The maximum Gasteiger partial charge on any atom is 0.350 e. The van der Waals surface area contributed by atoms with Crippen molar-refractivity contribution in [2.45, 2.75) is 43.4 Å². The highest BCUT2D eigenvalue weighted by Crippen LogP contribution is 2.28. The molecule has 0 aromatic carbocycles. The van der Waals surface area contributed by atoms with E-state index < -0.39 is 21.3 Å². The average Bonchev–Trinajstić information content (AvgIpc) is 2.18. The van der Waals surface area contributed by atoms with Gasteiger partial charge in [0, 0.05) is 12.1 Å². The van der Waals surface area contributed by atoms with Gasteiger partial charge in [-0.15, -0.1) is 0 Å². The molecule has 0 unspecified atom stereocenters. The number of rotatable bonds is 4. The summed E-state index contributed by atoms with van der Waals surface area (Å²) in [6.45, 7) is 0.0684. The number of nitrogens with two attached hydrogens (primary N) is 1. The monoisotopic (exact) mass is 242 g/mol. The van der Waals surface area contributed by atoms with Crippen LogP contribution < -0.4 is 10.5 Å². The smallest absolute Gasteiger partial charge is 0.329 e. The van der Waals surface area contributed by atoms with Gasteiger partial charge in [0.1, 0.15) is 0 Å². The van der Waals surface area contributed by atoms with Crippen LogP contribution in [0.5, 0.6) is 0 Å². The minimum atomic E-state index is -4.53. The summed E-state index contributed by atoms with van der Waals surface area (Å²) in [5.41, 5.74) is 4.62. The summed E-state index contributed by atoms with van der Waals surface area (Å²) < 4.78 is 48.5. The number of hydrogen-bond donors (Lipinski definition) is 2. The first-order valence-corrected chi connectivity index (χ1v) is 6.47. The van der Waals surface area contributed by atoms with Gasteiger partial charge in [0.15, 0.2) is 0 Å². The molecule has 1 aliphatic carbocycles. The number of sulfonamides is 1. The van der Waals surface area contributed by atoms with Crippen LogP contribution in [0.1, 0.15) is 32.1 Å². The fourth-order valence-electron chi connectivity index (χ4n) is 1.92. The molecule has 0 saturated heterocycles. The molecule has 4 nitrogen and oxygen atoms in total. The number of hydrogen-bond acceptors (Lipinski definition) is 3. The molecule has 3 N–H and O–H groups in total. The van der Waals surface area contributed by atoms with Crippen LogP contribution >= 0.6 is 0 Å². The molecule has 1 rings (SSSR count). The summed E-state index contributed by atoms with van der Waals surface area (Å²) in [4.78, 5) is 0. The molecule has 0 bridgehead atoms. The Labute approximate surface area is 88.3 Å². The zero-order chi connectivity index (χ0) is 11.5. The fraction of sp³-hybridized carbons (Fsp3) is 1.00. The van der Waals surface area contributed by atoms with Crippen molar-refractivity contribution in [3.63, 3.8) is 0 Å². The van der Waals surface area contributed by atoms with Crippen molar-refractivity contribution in [3.05, 3.63) is 0 Å². The lowest BCUT2D eigenvalue weighted by Gasteiger charge is -2.36. The second-order valence-electron chi connectivity index (χ2n) is 3.95. The second-order valence-corrected chi connectivity index (χ2v) is 5.60. The van der Waals surface area contributed by atoms with E-state index >= 15 is 0 Å². The molecule has 0 aromatic rings. The third kappa shape index (κ3) is 3.09. The Hall–Kier alpha value is -0.270. The molecule has 7 heteroatoms. The van der Waals surface area contributed by atoms with Gasteiger partial charge in [-0.1, -0.05) is 19.3 Å². The third-order valence-corrected chi connectivity index (χ3v) is 3.98. The van der Waals surface area contributed by atoms with Crippen LogP contribution in [-0.4, -0.2) is 26.3 Å². The number of halogens is 2. The summed E-state index contributed by atoms with van der Waals surface area (Å²) in [6.07, 6.45) is 3.72. The predicted octanol–water partition coefficient (Wildman–Crippen LogP) is 0.790. The van der Waals surface area contributed by atoms with E-state index in [0.29, 0.717) is 12.8 Å². The molecule has 0 radical (unpaired) electrons. The van der Waals surface area contributed by atoms with E-state index in [1.54, 1.807) is 0 Å². The van der Waals surface area contributed by atoms with Crippen LogP contribution in [-0.2, 0) is 10.0 Å². The maximum absolute atomic E-state index is 12.2. The quantitative estimate of drug-likeness (QED) is 0.765. The largest absolute Gasteiger partial charge is 0.350 e. The van der Waals surface area contributed by atoms with Crippen molar-refractivity contribution < 1.29 is 17.2 Å². The molecule has 1 fully saturated rings. The molecular weight excluding hydrogens is 226 g/mol. The van der Waals surface area contributed by atoms with E-state index in [1.165, 1.54) is 0 Å². The van der Waals surface area contributed by atoms with Crippen LogP contribution in [0.4, 0.5) is 8.78 Å². The molecule has 0 aliphatic heterocycles. The van der Waals surface area contributed by atoms with E-state index in [9.17, 15) is 17.2 Å². The number of nitrogens with one attached hydrogen (secondary N) is 1. The minimum absolute atomic E-state index is 0.0684. The highest BCUT2D eigenvalue weighted by Gasteiger charge is 2.38. The summed E-state index contributed by atoms with van der Waals surface area (Å²) in [5, 5.41) is 0. The standard InChI is InChI=1S/C8H16F2N2O2S/c9-7(10)15(13,14)12-8(6-11)4-2-1-3-5-8/h7,12H,1-6,11H2. The molecule has 0 atom stereocenters. The third-order valence-electron chi connectivity index (χ3n) is 2.79. The SMILES string of the molecule is NCC1(NS(=O)(=O)C(F)F)CCCCC1. The molecule has 15 heavy (non-hydrogen) atoms. The molecule has 1 aliphatic rings. The van der Waals surface area contributed by atoms with Crippen LogP contribution in [0.3, 0.4) is 0 Å². The molecule has 0 aromatic heterocycles. The number of alkyl halides is 2. The lowest BCUT2D eigenvalue weighted by Crippen LogP contribution is -2.55. The average molecular weight is 242 g/mol. The van der Waals surface area contributed by atoms with E-state index in [0.717, 1.165) is 19.3 Å². The highest BCUT2D eigenvalue weighted by atomic mass is 32.2. The summed E-state index contributed by atoms with van der Waals surface area (Å²) in [6, 6.07) is 0. The van der Waals surface area contributed by atoms with Gasteiger partial charge in [-0.25, -0.2) is 13.1 Å². The van der Waals surface area contributed by atoms with Crippen molar-refractivity contribution in [2.75, 3.05) is 6.54 Å². The van der Waals surface area contributed by atoms with Gasteiger partial charge in [0.25, 0.3) is 10.0 Å². The highest BCUT2D eigenvalue weighted by molar-refractivity contribution is 7.89. The van der Waals surface area contributed by atoms with Crippen LogP contribution in [0.25, 0.3) is 0 Å². The van der Waals surface area contributed by atoms with Crippen molar-refractivity contribution in [3.8, 4) is 0 Å². The Morgan fingerprint density at radius 1 is 1.27 bits per heavy atom. The van der Waals surface area contributed by atoms with Crippen LogP contribution in [0.15, 0.2) is 0 Å². The van der Waals surface area contributed by atoms with Gasteiger partial charge in [-0.3, -0.25) is 0 Å². The molecule has 0 amide bonds. The molecule has 0 spiro atoms. The predicted molar refractivity (Wildman–Crippen MR) is 52.9 cm³/mol. The molecule has 0 heterocycles. The van der Waals surface area contributed by atoms with Gasteiger partial charge in [-0.05, 0) is 12.8 Å². The van der Waals surface area contributed by atoms with Crippen LogP contribution in [0.2, 0.25) is 0 Å². The first kappa shape index (κ1) is 12.8. The Morgan fingerprint density at radius 2 is 1.80 bits per heavy atom. The summed E-state index contributed by atoms with van der Waals surface area (Å²) >= 11 is 0. The molecular formula is C8H16F2N2O2S. The van der Waals surface area contributed by atoms with E-state index in [-0.39, 0.29) is 6.54 Å². The zero-order valence-corrected chi connectivity index (χ0v) is 9.19. The maximum atomic E-state index is 12.2. The molecule has 90 valence electrons. The lowest BCUT2D eigenvalue weighted by molar-refractivity contribution is 0.219. The van der Waals surface area contributed by atoms with Gasteiger partial charge in [0.2, 0.25) is 0 Å². The van der Waals surface area contributed by atoms with Crippen molar-refractivity contribution >= 4 is 10.0 Å². The Bertz CT molecular complexity index is 300. The fourth-order valence-corrected chi connectivity index (χ4v) is 2.90. The topological polar surface area (TPSA) is 72.2 Å². The van der Waals surface area contributed by atoms with Crippen molar-refractivity contribution in [1.82, 2.24) is 4.72 Å². The Balaban J connectivity index is 2.76. The molecule has 1 saturated carbocycles. The second kappa shape index (κ2) is 4.71. The lowest BCUT2D eigenvalue weighted by atomic mass is 9.83. The van der Waals surface area contributed by atoms with Crippen LogP contribution in [0, 0.1) is 0 Å². The zero-order valence-electron chi connectivity index (χ0n) is 8.38. The Kier molecular flexibility index (Phi) is 4.02.